The number of para-hydroxylation sites is 1. The Labute approximate surface area is 138 Å². The Morgan fingerprint density at radius 1 is 1.19 bits per heavy atom. The van der Waals surface area contributed by atoms with E-state index in [2.05, 4.69) is 27.9 Å². The summed E-state index contributed by atoms with van der Waals surface area (Å²) in [5, 5.41) is 2.89. The molecule has 2 aromatic rings. The van der Waals surface area contributed by atoms with Crippen molar-refractivity contribution in [1.29, 1.82) is 0 Å². The molecule has 0 aromatic heterocycles. The lowest BCUT2D eigenvalue weighted by Gasteiger charge is -2.18. The molecule has 1 unspecified atom stereocenters. The monoisotopic (exact) mass is 395 g/mol. The van der Waals surface area contributed by atoms with Crippen molar-refractivity contribution in [2.24, 2.45) is 0 Å². The first-order valence-corrected chi connectivity index (χ1v) is 7.96. The van der Waals surface area contributed by atoms with Crippen LogP contribution < -0.4 is 10.1 Å². The van der Waals surface area contributed by atoms with Crippen LogP contribution in [0.4, 0.5) is 5.69 Å². The molecule has 0 spiro atoms. The van der Waals surface area contributed by atoms with Crippen LogP contribution in [0, 0.1) is 10.5 Å². The number of amides is 1. The van der Waals surface area contributed by atoms with Gasteiger partial charge >= 0.3 is 0 Å². The van der Waals surface area contributed by atoms with Gasteiger partial charge in [0.2, 0.25) is 0 Å². The average molecular weight is 395 g/mol. The van der Waals surface area contributed by atoms with E-state index in [0.717, 1.165) is 20.6 Å². The van der Waals surface area contributed by atoms with Crippen molar-refractivity contribution in [1.82, 2.24) is 0 Å². The zero-order chi connectivity index (χ0) is 15.2. The summed E-state index contributed by atoms with van der Waals surface area (Å²) in [7, 11) is 0. The van der Waals surface area contributed by atoms with Gasteiger partial charge in [0.15, 0.2) is 6.10 Å². The van der Waals surface area contributed by atoms with E-state index in [1.165, 1.54) is 0 Å². The highest BCUT2D eigenvalue weighted by Gasteiger charge is 2.19. The third-order valence-electron chi connectivity index (χ3n) is 3.14. The number of hydrogen-bond donors (Lipinski definition) is 1. The first-order chi connectivity index (χ1) is 10.1. The lowest BCUT2D eigenvalue weighted by atomic mass is 10.2. The molecule has 0 aliphatic heterocycles. The minimum absolute atomic E-state index is 0.123. The van der Waals surface area contributed by atoms with Crippen LogP contribution in [0.2, 0.25) is 0 Å². The zero-order valence-electron chi connectivity index (χ0n) is 12.1. The van der Waals surface area contributed by atoms with Crippen molar-refractivity contribution >= 4 is 34.2 Å². The molecule has 0 bridgehead atoms. The summed E-state index contributed by atoms with van der Waals surface area (Å²) >= 11 is 2.23. The van der Waals surface area contributed by atoms with E-state index in [-0.39, 0.29) is 5.91 Å². The maximum Gasteiger partial charge on any atom is 0.265 e. The third-order valence-corrected chi connectivity index (χ3v) is 3.86. The Kier molecular flexibility index (Phi) is 5.61. The van der Waals surface area contributed by atoms with Crippen LogP contribution >= 0.6 is 22.6 Å². The Morgan fingerprint density at radius 2 is 1.86 bits per heavy atom. The largest absolute Gasteiger partial charge is 0.480 e. The van der Waals surface area contributed by atoms with Crippen molar-refractivity contribution in [3.05, 3.63) is 57.7 Å². The van der Waals surface area contributed by atoms with Gasteiger partial charge in [-0.2, -0.15) is 0 Å². The number of halogens is 1. The SMILES string of the molecule is CCC(Oc1ccccc1C)C(=O)Nc1ccc(I)cc1. The summed E-state index contributed by atoms with van der Waals surface area (Å²) in [6, 6.07) is 15.4. The van der Waals surface area contributed by atoms with Crippen LogP contribution in [0.5, 0.6) is 5.75 Å². The summed E-state index contributed by atoms with van der Waals surface area (Å²) in [4.78, 5) is 12.3. The smallest absolute Gasteiger partial charge is 0.265 e. The van der Waals surface area contributed by atoms with Gasteiger partial charge in [0, 0.05) is 9.26 Å². The van der Waals surface area contributed by atoms with Crippen LogP contribution in [0.15, 0.2) is 48.5 Å². The second-order valence-corrected chi connectivity index (χ2v) is 6.02. The number of aryl methyl sites for hydroxylation is 1. The summed E-state index contributed by atoms with van der Waals surface area (Å²) < 4.78 is 6.97. The fourth-order valence-electron chi connectivity index (χ4n) is 1.92. The van der Waals surface area contributed by atoms with Crippen molar-refractivity contribution in [3.63, 3.8) is 0 Å². The lowest BCUT2D eigenvalue weighted by molar-refractivity contribution is -0.122. The molecule has 4 heteroatoms. The second-order valence-electron chi connectivity index (χ2n) is 4.78. The minimum atomic E-state index is -0.495. The summed E-state index contributed by atoms with van der Waals surface area (Å²) in [6.07, 6.45) is 0.121. The lowest BCUT2D eigenvalue weighted by Crippen LogP contribution is -2.32. The molecule has 110 valence electrons. The van der Waals surface area contributed by atoms with E-state index in [1.807, 2.05) is 62.4 Å². The average Bonchev–Trinajstić information content (AvgIpc) is 2.48. The normalized spacial score (nSPS) is 11.8. The highest BCUT2D eigenvalue weighted by atomic mass is 127. The Bertz CT molecular complexity index is 610. The van der Waals surface area contributed by atoms with Crippen LogP contribution in [-0.2, 0) is 4.79 Å². The number of hydrogen-bond acceptors (Lipinski definition) is 2. The second kappa shape index (κ2) is 7.45. The van der Waals surface area contributed by atoms with E-state index >= 15 is 0 Å². The molecular formula is C17H18INO2. The van der Waals surface area contributed by atoms with Crippen LogP contribution in [0.25, 0.3) is 0 Å². The Hall–Kier alpha value is -1.56. The standard InChI is InChI=1S/C17H18INO2/c1-3-15(21-16-7-5-4-6-12(16)2)17(20)19-14-10-8-13(18)9-11-14/h4-11,15H,3H2,1-2H3,(H,19,20). The molecule has 1 amide bonds. The minimum Gasteiger partial charge on any atom is -0.480 e. The number of nitrogens with one attached hydrogen (secondary N) is 1. The third kappa shape index (κ3) is 4.46. The van der Waals surface area contributed by atoms with E-state index in [9.17, 15) is 4.79 Å². The molecule has 2 aromatic carbocycles. The Morgan fingerprint density at radius 3 is 2.48 bits per heavy atom. The van der Waals surface area contributed by atoms with E-state index < -0.39 is 6.10 Å². The first kappa shape index (κ1) is 15.8. The van der Waals surface area contributed by atoms with Crippen LogP contribution in [0.1, 0.15) is 18.9 Å². The maximum absolute atomic E-state index is 12.3. The highest BCUT2D eigenvalue weighted by Crippen LogP contribution is 2.20. The van der Waals surface area contributed by atoms with Gasteiger partial charge in [-0.1, -0.05) is 25.1 Å². The molecule has 0 fully saturated rings. The van der Waals surface area contributed by atoms with Gasteiger partial charge in [0.05, 0.1) is 0 Å². The van der Waals surface area contributed by atoms with Gasteiger partial charge in [-0.15, -0.1) is 0 Å². The zero-order valence-corrected chi connectivity index (χ0v) is 14.3. The molecule has 1 N–H and O–H groups in total. The maximum atomic E-state index is 12.3. The molecule has 0 aliphatic rings. The van der Waals surface area contributed by atoms with E-state index in [0.29, 0.717) is 6.42 Å². The molecule has 1 atom stereocenters. The number of carbonyl (C=O) groups is 1. The van der Waals surface area contributed by atoms with Crippen LogP contribution in [-0.4, -0.2) is 12.0 Å². The molecule has 21 heavy (non-hydrogen) atoms. The molecule has 0 aliphatic carbocycles. The van der Waals surface area contributed by atoms with E-state index in [4.69, 9.17) is 4.74 Å². The van der Waals surface area contributed by atoms with Gasteiger partial charge in [0.1, 0.15) is 5.75 Å². The van der Waals surface area contributed by atoms with Gasteiger partial charge in [0.25, 0.3) is 5.91 Å². The summed E-state index contributed by atoms with van der Waals surface area (Å²) in [5.74, 6) is 0.629. The van der Waals surface area contributed by atoms with E-state index in [1.54, 1.807) is 0 Å². The predicted molar refractivity (Wildman–Crippen MR) is 93.7 cm³/mol. The van der Waals surface area contributed by atoms with Crippen molar-refractivity contribution < 1.29 is 9.53 Å². The van der Waals surface area contributed by atoms with Gasteiger partial charge in [-0.3, -0.25) is 4.79 Å². The molecule has 3 nitrogen and oxygen atoms in total. The van der Waals surface area contributed by atoms with Crippen molar-refractivity contribution in [2.45, 2.75) is 26.4 Å². The molecule has 0 saturated heterocycles. The number of anilines is 1. The van der Waals surface area contributed by atoms with Gasteiger partial charge < -0.3 is 10.1 Å². The van der Waals surface area contributed by atoms with Crippen molar-refractivity contribution in [3.8, 4) is 5.75 Å². The van der Waals surface area contributed by atoms with Gasteiger partial charge in [-0.25, -0.2) is 0 Å². The summed E-state index contributed by atoms with van der Waals surface area (Å²) in [5.41, 5.74) is 1.81. The quantitative estimate of drug-likeness (QED) is 0.763. The molecule has 0 radical (unpaired) electrons. The Balaban J connectivity index is 2.05. The van der Waals surface area contributed by atoms with Crippen LogP contribution in [0.3, 0.4) is 0 Å². The molecule has 0 saturated carbocycles. The molecule has 2 rings (SSSR count). The predicted octanol–water partition coefficient (Wildman–Crippen LogP) is 4.40. The van der Waals surface area contributed by atoms with Gasteiger partial charge in [-0.05, 0) is 71.8 Å². The summed E-state index contributed by atoms with van der Waals surface area (Å²) in [6.45, 7) is 3.91. The molecular weight excluding hydrogens is 377 g/mol. The number of carbonyl (C=O) groups excluding carboxylic acids is 1. The fraction of sp³-hybridized carbons (Fsp3) is 0.235. The van der Waals surface area contributed by atoms with Crippen molar-refractivity contribution in [2.75, 3.05) is 5.32 Å². The number of benzene rings is 2. The highest BCUT2D eigenvalue weighted by molar-refractivity contribution is 14.1. The number of rotatable bonds is 5. The first-order valence-electron chi connectivity index (χ1n) is 6.89. The topological polar surface area (TPSA) is 38.3 Å². The number of ether oxygens (including phenoxy) is 1. The molecule has 0 heterocycles. The fourth-order valence-corrected chi connectivity index (χ4v) is 2.28.